The highest BCUT2D eigenvalue weighted by atomic mass is 16.1. The maximum atomic E-state index is 12.3. The summed E-state index contributed by atoms with van der Waals surface area (Å²) >= 11 is 0. The van der Waals surface area contributed by atoms with Crippen LogP contribution in [0.25, 0.3) is 0 Å². The predicted octanol–water partition coefficient (Wildman–Crippen LogP) is 1.83. The number of hydrogen-bond donors (Lipinski definition) is 2. The maximum Gasteiger partial charge on any atom is 0.251 e. The lowest BCUT2D eigenvalue weighted by Gasteiger charge is -2.24. The molecule has 0 bridgehead atoms. The molecule has 1 rings (SSSR count). The molecule has 0 spiro atoms. The van der Waals surface area contributed by atoms with Crippen molar-refractivity contribution in [2.24, 2.45) is 5.92 Å². The highest BCUT2D eigenvalue weighted by Gasteiger charge is 2.16. The van der Waals surface area contributed by atoms with Gasteiger partial charge in [-0.1, -0.05) is 13.8 Å². The summed E-state index contributed by atoms with van der Waals surface area (Å²) < 4.78 is 0. The molecule has 1 atom stereocenters. The van der Waals surface area contributed by atoms with Crippen molar-refractivity contribution in [2.75, 3.05) is 33.0 Å². The number of hydrogen-bond acceptors (Lipinski definition) is 4. The molecular weight excluding hydrogens is 252 g/mol. The molecule has 0 fully saturated rings. The SMILES string of the molecule is CNc1cc(C(=O)NC(CC(C)C)CN(C)C)ccn1. The lowest BCUT2D eigenvalue weighted by molar-refractivity contribution is 0.0924. The number of rotatable bonds is 7. The lowest BCUT2D eigenvalue weighted by atomic mass is 10.0. The fraction of sp³-hybridized carbons (Fsp3) is 0.600. The van der Waals surface area contributed by atoms with Gasteiger partial charge < -0.3 is 15.5 Å². The minimum absolute atomic E-state index is 0.0450. The Morgan fingerprint density at radius 1 is 1.40 bits per heavy atom. The quantitative estimate of drug-likeness (QED) is 0.799. The van der Waals surface area contributed by atoms with E-state index in [-0.39, 0.29) is 11.9 Å². The molecule has 1 aromatic rings. The Labute approximate surface area is 121 Å². The molecule has 20 heavy (non-hydrogen) atoms. The van der Waals surface area contributed by atoms with Gasteiger partial charge in [0.1, 0.15) is 5.82 Å². The predicted molar refractivity (Wildman–Crippen MR) is 83.0 cm³/mol. The van der Waals surface area contributed by atoms with Crippen molar-refractivity contribution >= 4 is 11.7 Å². The van der Waals surface area contributed by atoms with E-state index in [0.717, 1.165) is 13.0 Å². The first-order valence-electron chi connectivity index (χ1n) is 7.01. The van der Waals surface area contributed by atoms with Gasteiger partial charge in [-0.3, -0.25) is 4.79 Å². The molecule has 1 amide bonds. The largest absolute Gasteiger partial charge is 0.373 e. The summed E-state index contributed by atoms with van der Waals surface area (Å²) in [5.74, 6) is 1.20. The smallest absolute Gasteiger partial charge is 0.251 e. The maximum absolute atomic E-state index is 12.3. The topological polar surface area (TPSA) is 57.3 Å². The van der Waals surface area contributed by atoms with E-state index in [2.05, 4.69) is 34.4 Å². The lowest BCUT2D eigenvalue weighted by Crippen LogP contribution is -2.42. The van der Waals surface area contributed by atoms with Crippen LogP contribution >= 0.6 is 0 Å². The first-order valence-corrected chi connectivity index (χ1v) is 7.01. The Kier molecular flexibility index (Phi) is 6.45. The van der Waals surface area contributed by atoms with Crippen LogP contribution in [-0.4, -0.2) is 49.5 Å². The second kappa shape index (κ2) is 7.85. The highest BCUT2D eigenvalue weighted by molar-refractivity contribution is 5.95. The third-order valence-electron chi connectivity index (χ3n) is 2.95. The molecule has 1 heterocycles. The summed E-state index contributed by atoms with van der Waals surface area (Å²) in [6.45, 7) is 5.18. The zero-order valence-electron chi connectivity index (χ0n) is 13.1. The monoisotopic (exact) mass is 278 g/mol. The minimum Gasteiger partial charge on any atom is -0.373 e. The molecule has 2 N–H and O–H groups in total. The second-order valence-corrected chi connectivity index (χ2v) is 5.74. The van der Waals surface area contributed by atoms with E-state index < -0.39 is 0 Å². The standard InChI is InChI=1S/C15H26N4O/c1-11(2)8-13(10-19(4)5)18-15(20)12-6-7-17-14(9-12)16-3/h6-7,9,11,13H,8,10H2,1-5H3,(H,16,17)(H,18,20). The fourth-order valence-electron chi connectivity index (χ4n) is 2.17. The van der Waals surface area contributed by atoms with Crippen LogP contribution in [0.4, 0.5) is 5.82 Å². The number of carbonyl (C=O) groups is 1. The van der Waals surface area contributed by atoms with Gasteiger partial charge in [0.2, 0.25) is 0 Å². The average Bonchev–Trinajstić information content (AvgIpc) is 2.37. The molecule has 0 aliphatic heterocycles. The Balaban J connectivity index is 2.73. The summed E-state index contributed by atoms with van der Waals surface area (Å²) in [7, 11) is 5.83. The number of amides is 1. The third-order valence-corrected chi connectivity index (χ3v) is 2.95. The van der Waals surface area contributed by atoms with E-state index in [1.54, 1.807) is 25.4 Å². The summed E-state index contributed by atoms with van der Waals surface area (Å²) in [5.41, 5.74) is 0.636. The summed E-state index contributed by atoms with van der Waals surface area (Å²) in [6.07, 6.45) is 2.61. The fourth-order valence-corrected chi connectivity index (χ4v) is 2.17. The number of anilines is 1. The molecule has 1 aromatic heterocycles. The van der Waals surface area contributed by atoms with E-state index in [1.807, 2.05) is 14.1 Å². The van der Waals surface area contributed by atoms with Crippen LogP contribution in [0, 0.1) is 5.92 Å². The number of carbonyl (C=O) groups excluding carboxylic acids is 1. The van der Waals surface area contributed by atoms with Gasteiger partial charge in [-0.05, 0) is 38.6 Å². The number of pyridine rings is 1. The van der Waals surface area contributed by atoms with Crippen molar-refractivity contribution in [3.63, 3.8) is 0 Å². The molecule has 0 saturated heterocycles. The molecule has 0 saturated carbocycles. The zero-order valence-corrected chi connectivity index (χ0v) is 13.1. The second-order valence-electron chi connectivity index (χ2n) is 5.74. The molecule has 1 unspecified atom stereocenters. The molecule has 0 aliphatic rings. The molecule has 5 heteroatoms. The Bertz CT molecular complexity index is 422. The van der Waals surface area contributed by atoms with Gasteiger partial charge >= 0.3 is 0 Å². The van der Waals surface area contributed by atoms with Gasteiger partial charge in [0.15, 0.2) is 0 Å². The van der Waals surface area contributed by atoms with Crippen LogP contribution in [0.15, 0.2) is 18.3 Å². The van der Waals surface area contributed by atoms with Crippen LogP contribution in [0.1, 0.15) is 30.6 Å². The van der Waals surface area contributed by atoms with E-state index in [1.165, 1.54) is 0 Å². The molecule has 0 aromatic carbocycles. The molecular formula is C15H26N4O. The van der Waals surface area contributed by atoms with Crippen molar-refractivity contribution < 1.29 is 4.79 Å². The van der Waals surface area contributed by atoms with Crippen molar-refractivity contribution in [1.82, 2.24) is 15.2 Å². The van der Waals surface area contributed by atoms with E-state index >= 15 is 0 Å². The first kappa shape index (κ1) is 16.4. The summed E-state index contributed by atoms with van der Waals surface area (Å²) in [5, 5.41) is 6.05. The van der Waals surface area contributed by atoms with Crippen LogP contribution in [-0.2, 0) is 0 Å². The number of aromatic nitrogens is 1. The van der Waals surface area contributed by atoms with Crippen molar-refractivity contribution in [2.45, 2.75) is 26.3 Å². The van der Waals surface area contributed by atoms with Gasteiger partial charge in [0.05, 0.1) is 0 Å². The van der Waals surface area contributed by atoms with Gasteiger partial charge in [-0.15, -0.1) is 0 Å². The van der Waals surface area contributed by atoms with Crippen LogP contribution in [0.5, 0.6) is 0 Å². The normalized spacial score (nSPS) is 12.6. The first-order chi connectivity index (χ1) is 9.42. The van der Waals surface area contributed by atoms with Gasteiger partial charge in [-0.2, -0.15) is 0 Å². The summed E-state index contributed by atoms with van der Waals surface area (Å²) in [4.78, 5) is 18.5. The zero-order chi connectivity index (χ0) is 15.1. The highest BCUT2D eigenvalue weighted by Crippen LogP contribution is 2.09. The Morgan fingerprint density at radius 3 is 2.65 bits per heavy atom. The number of nitrogens with one attached hydrogen (secondary N) is 2. The third kappa shape index (κ3) is 5.57. The van der Waals surface area contributed by atoms with E-state index in [4.69, 9.17) is 0 Å². The van der Waals surface area contributed by atoms with Gasteiger partial charge in [-0.25, -0.2) is 4.98 Å². The minimum atomic E-state index is -0.0450. The van der Waals surface area contributed by atoms with E-state index in [0.29, 0.717) is 17.3 Å². The summed E-state index contributed by atoms with van der Waals surface area (Å²) in [6, 6.07) is 3.65. The van der Waals surface area contributed by atoms with E-state index in [9.17, 15) is 4.79 Å². The van der Waals surface area contributed by atoms with Gasteiger partial charge in [0.25, 0.3) is 5.91 Å². The molecule has 0 radical (unpaired) electrons. The molecule has 0 aliphatic carbocycles. The van der Waals surface area contributed by atoms with Gasteiger partial charge in [0, 0.05) is 31.4 Å². The van der Waals surface area contributed by atoms with Crippen molar-refractivity contribution in [1.29, 1.82) is 0 Å². The Hall–Kier alpha value is -1.62. The van der Waals surface area contributed by atoms with Crippen LogP contribution in [0.2, 0.25) is 0 Å². The number of likely N-dealkylation sites (N-methyl/N-ethyl adjacent to an activating group) is 1. The average molecular weight is 278 g/mol. The van der Waals surface area contributed by atoms with Crippen LogP contribution in [0.3, 0.4) is 0 Å². The van der Waals surface area contributed by atoms with Crippen LogP contribution < -0.4 is 10.6 Å². The van der Waals surface area contributed by atoms with Crippen molar-refractivity contribution in [3.8, 4) is 0 Å². The molecule has 112 valence electrons. The van der Waals surface area contributed by atoms with Crippen molar-refractivity contribution in [3.05, 3.63) is 23.9 Å². The number of nitrogens with zero attached hydrogens (tertiary/aromatic N) is 2. The Morgan fingerprint density at radius 2 is 2.10 bits per heavy atom. The molecule has 5 nitrogen and oxygen atoms in total.